The minimum absolute atomic E-state index is 0.0159. The van der Waals surface area contributed by atoms with Gasteiger partial charge in [-0.05, 0) is 48.3 Å². The lowest BCUT2D eigenvalue weighted by Crippen LogP contribution is -2.42. The Balaban J connectivity index is 1.72. The first-order chi connectivity index (χ1) is 17.8. The second-order valence-electron chi connectivity index (χ2n) is 8.50. The van der Waals surface area contributed by atoms with E-state index in [4.69, 9.17) is 32.1 Å². The van der Waals surface area contributed by atoms with E-state index in [1.54, 1.807) is 50.4 Å². The number of nitrogens with zero attached hydrogens (tertiary/aromatic N) is 2. The van der Waals surface area contributed by atoms with Gasteiger partial charge in [-0.2, -0.15) is 0 Å². The van der Waals surface area contributed by atoms with Crippen LogP contribution in [0.4, 0.5) is 5.69 Å². The molecule has 8 nitrogen and oxygen atoms in total. The van der Waals surface area contributed by atoms with Gasteiger partial charge in [-0.3, -0.25) is 25.5 Å². The number of rotatable bonds is 7. The molecule has 1 heterocycles. The third kappa shape index (κ3) is 5.74. The monoisotopic (exact) mass is 514 g/mol. The molecule has 37 heavy (non-hydrogen) atoms. The SMILES string of the molecule is COc1ccc2c(c1)C(c1ccc(Cl)cc1)=NC(CC(=O)NCc1ccccc1[B]O)C(=N)N2C(C)=N. The fraction of sp³-hybridized carbons (Fsp3) is 0.185. The predicted molar refractivity (Wildman–Crippen MR) is 148 cm³/mol. The van der Waals surface area contributed by atoms with E-state index < -0.39 is 6.04 Å². The van der Waals surface area contributed by atoms with Crippen molar-refractivity contribution in [3.8, 4) is 5.75 Å². The maximum Gasteiger partial charge on any atom is 0.327 e. The summed E-state index contributed by atoms with van der Waals surface area (Å²) in [7, 11) is 2.57. The number of carbonyl (C=O) groups excluding carboxylic acids is 1. The Bertz CT molecular complexity index is 1380. The smallest absolute Gasteiger partial charge is 0.327 e. The Morgan fingerprint density at radius 3 is 2.59 bits per heavy atom. The summed E-state index contributed by atoms with van der Waals surface area (Å²) in [6.07, 6.45) is -0.101. The van der Waals surface area contributed by atoms with Crippen molar-refractivity contribution in [2.24, 2.45) is 4.99 Å². The average Bonchev–Trinajstić information content (AvgIpc) is 3.02. The molecule has 0 saturated carbocycles. The van der Waals surface area contributed by atoms with Crippen LogP contribution in [0.15, 0.2) is 71.7 Å². The summed E-state index contributed by atoms with van der Waals surface area (Å²) >= 11 is 6.12. The van der Waals surface area contributed by atoms with Crippen molar-refractivity contribution in [2.45, 2.75) is 25.9 Å². The molecule has 0 saturated heterocycles. The molecule has 1 atom stereocenters. The number of carbonyl (C=O) groups is 1. The van der Waals surface area contributed by atoms with Gasteiger partial charge in [0.1, 0.15) is 23.5 Å². The standard InChI is InChI=1S/C27H26BClN5O3/c1-16(30)34-24-12-11-20(37-2)13-21(24)26(17-7-9-19(29)10-8-17)33-23(27(34)31)14-25(35)32-15-18-5-3-4-6-22(18)28-36/h3-13,23,30-31,36H,14-15H2,1-2H3,(H,32,35). The van der Waals surface area contributed by atoms with Gasteiger partial charge in [0.05, 0.1) is 24.9 Å². The van der Waals surface area contributed by atoms with Crippen molar-refractivity contribution >= 4 is 53.5 Å². The molecular formula is C27H26BClN5O3. The number of ether oxygens (including phenoxy) is 1. The molecule has 0 fully saturated rings. The van der Waals surface area contributed by atoms with Crippen LogP contribution in [0, 0.1) is 10.8 Å². The Morgan fingerprint density at radius 2 is 1.92 bits per heavy atom. The lowest BCUT2D eigenvalue weighted by atomic mass is 9.84. The zero-order chi connectivity index (χ0) is 26.5. The Kier molecular flexibility index (Phi) is 8.06. The Labute approximate surface area is 221 Å². The van der Waals surface area contributed by atoms with Crippen LogP contribution in [0.25, 0.3) is 0 Å². The highest BCUT2D eigenvalue weighted by Crippen LogP contribution is 2.33. The van der Waals surface area contributed by atoms with Gasteiger partial charge in [-0.15, -0.1) is 0 Å². The number of nitrogens with one attached hydrogen (secondary N) is 3. The topological polar surface area (TPSA) is 122 Å². The van der Waals surface area contributed by atoms with Gasteiger partial charge in [-0.1, -0.05) is 48.0 Å². The molecule has 10 heteroatoms. The van der Waals surface area contributed by atoms with E-state index in [9.17, 15) is 9.82 Å². The van der Waals surface area contributed by atoms with Crippen molar-refractivity contribution in [1.29, 1.82) is 10.8 Å². The molecule has 3 aromatic carbocycles. The summed E-state index contributed by atoms with van der Waals surface area (Å²) in [6, 6.07) is 18.9. The average molecular weight is 515 g/mol. The van der Waals surface area contributed by atoms with Crippen molar-refractivity contribution in [1.82, 2.24) is 5.32 Å². The van der Waals surface area contributed by atoms with E-state index in [1.807, 2.05) is 30.3 Å². The van der Waals surface area contributed by atoms with Gasteiger partial charge in [0.2, 0.25) is 5.91 Å². The second-order valence-corrected chi connectivity index (χ2v) is 8.93. The lowest BCUT2D eigenvalue weighted by Gasteiger charge is -2.26. The minimum Gasteiger partial charge on any atom is -0.497 e. The Hall–Kier alpha value is -3.95. The number of benzodiazepines with no additional fused rings is 1. The summed E-state index contributed by atoms with van der Waals surface area (Å²) < 4.78 is 5.44. The number of anilines is 1. The van der Waals surface area contributed by atoms with Gasteiger partial charge in [0.25, 0.3) is 0 Å². The van der Waals surface area contributed by atoms with E-state index in [0.717, 1.165) is 18.6 Å². The maximum absolute atomic E-state index is 13.0. The zero-order valence-electron chi connectivity index (χ0n) is 20.5. The first-order valence-corrected chi connectivity index (χ1v) is 12.0. The highest BCUT2D eigenvalue weighted by atomic mass is 35.5. The first-order valence-electron chi connectivity index (χ1n) is 11.6. The molecule has 0 aliphatic carbocycles. The molecule has 1 unspecified atom stereocenters. The third-order valence-electron chi connectivity index (χ3n) is 6.04. The highest BCUT2D eigenvalue weighted by Gasteiger charge is 2.32. The first kappa shape index (κ1) is 26.1. The number of aliphatic imine (C=N–C) groups is 1. The molecule has 1 aliphatic heterocycles. The van der Waals surface area contributed by atoms with Gasteiger partial charge in [0, 0.05) is 22.7 Å². The third-order valence-corrected chi connectivity index (χ3v) is 6.30. The second kappa shape index (κ2) is 11.4. The molecule has 187 valence electrons. The number of amides is 1. The van der Waals surface area contributed by atoms with Crippen molar-refractivity contribution in [3.63, 3.8) is 0 Å². The molecule has 0 aromatic heterocycles. The fourth-order valence-electron chi connectivity index (χ4n) is 4.20. The van der Waals surface area contributed by atoms with Crippen LogP contribution in [0.2, 0.25) is 5.02 Å². The van der Waals surface area contributed by atoms with Crippen molar-refractivity contribution in [2.75, 3.05) is 12.0 Å². The molecular weight excluding hydrogens is 489 g/mol. The van der Waals surface area contributed by atoms with Crippen LogP contribution in [-0.2, 0) is 11.3 Å². The number of benzene rings is 3. The summed E-state index contributed by atoms with van der Waals surface area (Å²) in [6.45, 7) is 1.81. The normalized spacial score (nSPS) is 14.8. The molecule has 0 spiro atoms. The molecule has 0 bridgehead atoms. The number of methoxy groups -OCH3 is 1. The summed E-state index contributed by atoms with van der Waals surface area (Å²) in [5.74, 6) is 0.432. The van der Waals surface area contributed by atoms with E-state index in [2.05, 4.69) is 5.32 Å². The van der Waals surface area contributed by atoms with Crippen LogP contribution in [-0.4, -0.2) is 48.9 Å². The van der Waals surface area contributed by atoms with E-state index in [-0.39, 0.29) is 30.5 Å². The van der Waals surface area contributed by atoms with Crippen LogP contribution in [0.5, 0.6) is 5.75 Å². The summed E-state index contributed by atoms with van der Waals surface area (Å²) in [5.41, 5.74) is 3.97. The maximum atomic E-state index is 13.0. The van der Waals surface area contributed by atoms with E-state index >= 15 is 0 Å². The predicted octanol–water partition coefficient (Wildman–Crippen LogP) is 3.29. The molecule has 4 N–H and O–H groups in total. The largest absolute Gasteiger partial charge is 0.497 e. The quantitative estimate of drug-likeness (QED) is 0.219. The fourth-order valence-corrected chi connectivity index (χ4v) is 4.32. The van der Waals surface area contributed by atoms with Gasteiger partial charge in [0.15, 0.2) is 0 Å². The van der Waals surface area contributed by atoms with Crippen molar-refractivity contribution < 1.29 is 14.6 Å². The number of hydrogen-bond acceptors (Lipinski definition) is 6. The van der Waals surface area contributed by atoms with Crippen LogP contribution in [0.1, 0.15) is 30.0 Å². The van der Waals surface area contributed by atoms with Gasteiger partial charge in [-0.25, -0.2) is 0 Å². The number of fused-ring (bicyclic) bond motifs is 1. The van der Waals surface area contributed by atoms with Crippen LogP contribution >= 0.6 is 11.6 Å². The van der Waals surface area contributed by atoms with Crippen LogP contribution < -0.4 is 20.4 Å². The number of hydrogen-bond donors (Lipinski definition) is 4. The van der Waals surface area contributed by atoms with Crippen LogP contribution in [0.3, 0.4) is 0 Å². The molecule has 3 aromatic rings. The van der Waals surface area contributed by atoms with Gasteiger partial charge < -0.3 is 15.1 Å². The summed E-state index contributed by atoms with van der Waals surface area (Å²) in [4.78, 5) is 19.4. The Morgan fingerprint density at radius 1 is 1.19 bits per heavy atom. The van der Waals surface area contributed by atoms with E-state index in [0.29, 0.717) is 33.2 Å². The summed E-state index contributed by atoms with van der Waals surface area (Å²) in [5, 5.41) is 30.2. The minimum atomic E-state index is -0.857. The number of halogens is 1. The molecule has 1 aliphatic rings. The molecule has 1 amide bonds. The number of amidine groups is 2. The zero-order valence-corrected chi connectivity index (χ0v) is 21.2. The lowest BCUT2D eigenvalue weighted by molar-refractivity contribution is -0.121. The van der Waals surface area contributed by atoms with Gasteiger partial charge >= 0.3 is 7.48 Å². The molecule has 1 radical (unpaired) electrons. The molecule has 4 rings (SSSR count). The van der Waals surface area contributed by atoms with E-state index in [1.165, 1.54) is 4.90 Å². The van der Waals surface area contributed by atoms with Crippen molar-refractivity contribution in [3.05, 3.63) is 88.4 Å². The highest BCUT2D eigenvalue weighted by molar-refractivity contribution is 6.46.